The Hall–Kier alpha value is -3.71. The zero-order valence-corrected chi connectivity index (χ0v) is 24.7. The standard InChI is InChI=1S/C35H42N4O3/c1-37-33-15-9-8-14-29(33)20-30(34(37)40)21-39(35(41)28-12-6-3-7-13-28)23-32(26-10-4-2-5-11-26)27-16-18-38(19-17-27)22-31-24-42-25-36-31/h2,4-5,8-11,14-15,20,24-25,27-28,32H,3,6-7,12-13,16-19,21-23H2,1H3. The number of nitrogens with zero attached hydrogens (tertiary/aromatic N) is 4. The van der Waals surface area contributed by atoms with Crippen LogP contribution in [-0.4, -0.2) is 44.9 Å². The van der Waals surface area contributed by atoms with Gasteiger partial charge in [-0.05, 0) is 67.8 Å². The van der Waals surface area contributed by atoms with Gasteiger partial charge >= 0.3 is 0 Å². The van der Waals surface area contributed by atoms with Crippen molar-refractivity contribution in [3.05, 3.63) is 100 Å². The Bertz CT molecular complexity index is 1520. The van der Waals surface area contributed by atoms with Crippen molar-refractivity contribution in [2.75, 3.05) is 19.6 Å². The lowest BCUT2D eigenvalue weighted by Crippen LogP contribution is -2.43. The highest BCUT2D eigenvalue weighted by Crippen LogP contribution is 2.35. The Morgan fingerprint density at radius 2 is 1.74 bits per heavy atom. The smallest absolute Gasteiger partial charge is 0.255 e. The van der Waals surface area contributed by atoms with Gasteiger partial charge in [-0.2, -0.15) is 0 Å². The predicted octanol–water partition coefficient (Wildman–Crippen LogP) is 6.13. The van der Waals surface area contributed by atoms with Crippen molar-refractivity contribution < 1.29 is 9.21 Å². The van der Waals surface area contributed by atoms with Crippen LogP contribution in [0.4, 0.5) is 0 Å². The van der Waals surface area contributed by atoms with Gasteiger partial charge in [-0.3, -0.25) is 14.5 Å². The molecule has 0 radical (unpaired) electrons. The van der Waals surface area contributed by atoms with E-state index in [2.05, 4.69) is 40.2 Å². The van der Waals surface area contributed by atoms with Gasteiger partial charge in [0.15, 0.2) is 6.39 Å². The SMILES string of the molecule is Cn1c(=O)c(CN(CC(c2ccccc2)C2CCN(Cc3cocn3)CC2)C(=O)C2CCCCC2)cc2ccccc21. The van der Waals surface area contributed by atoms with E-state index in [1.54, 1.807) is 10.8 Å². The van der Waals surface area contributed by atoms with Crippen LogP contribution in [-0.2, 0) is 24.9 Å². The minimum absolute atomic E-state index is 0.0208. The fraction of sp³-hybridized carbons (Fsp3) is 0.457. The summed E-state index contributed by atoms with van der Waals surface area (Å²) >= 11 is 0. The summed E-state index contributed by atoms with van der Waals surface area (Å²) in [6.07, 6.45) is 10.6. The fourth-order valence-electron chi connectivity index (χ4n) is 7.17. The number of fused-ring (bicyclic) bond motifs is 1. The molecule has 1 saturated carbocycles. The summed E-state index contributed by atoms with van der Waals surface area (Å²) in [5, 5.41) is 1.03. The average Bonchev–Trinajstić information content (AvgIpc) is 3.56. The highest BCUT2D eigenvalue weighted by Gasteiger charge is 2.33. The highest BCUT2D eigenvalue weighted by atomic mass is 16.3. The van der Waals surface area contributed by atoms with E-state index in [-0.39, 0.29) is 23.3 Å². The Kier molecular flexibility index (Phi) is 8.84. The summed E-state index contributed by atoms with van der Waals surface area (Å²) in [6.45, 7) is 3.76. The van der Waals surface area contributed by atoms with Crippen LogP contribution in [0.3, 0.4) is 0 Å². The molecule has 2 fully saturated rings. The van der Waals surface area contributed by atoms with E-state index in [1.807, 2.05) is 42.3 Å². The van der Waals surface area contributed by atoms with Crippen LogP contribution in [0.2, 0.25) is 0 Å². The molecule has 2 aliphatic rings. The zero-order valence-electron chi connectivity index (χ0n) is 24.7. The van der Waals surface area contributed by atoms with E-state index in [4.69, 9.17) is 4.42 Å². The molecule has 4 aromatic rings. The van der Waals surface area contributed by atoms with Crippen molar-refractivity contribution in [1.82, 2.24) is 19.4 Å². The molecule has 7 nitrogen and oxygen atoms in total. The minimum Gasteiger partial charge on any atom is -0.451 e. The van der Waals surface area contributed by atoms with E-state index >= 15 is 0 Å². The molecule has 220 valence electrons. The van der Waals surface area contributed by atoms with Gasteiger partial charge in [0.05, 0.1) is 17.8 Å². The number of benzene rings is 2. The Morgan fingerprint density at radius 3 is 2.48 bits per heavy atom. The van der Waals surface area contributed by atoms with E-state index in [0.29, 0.717) is 24.6 Å². The Balaban J connectivity index is 1.28. The molecule has 1 aliphatic carbocycles. The van der Waals surface area contributed by atoms with Crippen molar-refractivity contribution in [3.63, 3.8) is 0 Å². The highest BCUT2D eigenvalue weighted by molar-refractivity contribution is 5.81. The summed E-state index contributed by atoms with van der Waals surface area (Å²) < 4.78 is 6.91. The topological polar surface area (TPSA) is 71.6 Å². The third kappa shape index (κ3) is 6.36. The number of carbonyl (C=O) groups excluding carboxylic acids is 1. The molecule has 1 aliphatic heterocycles. The number of aromatic nitrogens is 2. The molecule has 1 unspecified atom stereocenters. The van der Waals surface area contributed by atoms with Crippen LogP contribution in [0.1, 0.15) is 67.7 Å². The lowest BCUT2D eigenvalue weighted by molar-refractivity contribution is -0.137. The number of amides is 1. The van der Waals surface area contributed by atoms with Gasteiger partial charge in [-0.15, -0.1) is 0 Å². The molecule has 1 saturated heterocycles. The number of pyridine rings is 1. The first-order valence-electron chi connectivity index (χ1n) is 15.6. The molecule has 0 bridgehead atoms. The van der Waals surface area contributed by atoms with Gasteiger partial charge in [0.2, 0.25) is 5.91 Å². The van der Waals surface area contributed by atoms with E-state index in [1.165, 1.54) is 18.4 Å². The summed E-state index contributed by atoms with van der Waals surface area (Å²) in [4.78, 5) is 36.6. The number of hydrogen-bond donors (Lipinski definition) is 0. The first-order valence-corrected chi connectivity index (χ1v) is 15.6. The minimum atomic E-state index is -0.0208. The second-order valence-electron chi connectivity index (χ2n) is 12.3. The van der Waals surface area contributed by atoms with Gasteiger partial charge in [0, 0.05) is 37.5 Å². The number of rotatable bonds is 9. The van der Waals surface area contributed by atoms with Crippen LogP contribution in [0.15, 0.2) is 82.5 Å². The summed E-state index contributed by atoms with van der Waals surface area (Å²) in [5.74, 6) is 0.914. The number of carbonyl (C=O) groups is 1. The van der Waals surface area contributed by atoms with E-state index in [9.17, 15) is 9.59 Å². The average molecular weight is 567 g/mol. The molecule has 1 amide bonds. The number of para-hydroxylation sites is 1. The van der Waals surface area contributed by atoms with Crippen molar-refractivity contribution in [3.8, 4) is 0 Å². The molecule has 2 aromatic carbocycles. The monoisotopic (exact) mass is 566 g/mol. The normalized spacial score (nSPS) is 17.8. The maximum atomic E-state index is 14.2. The van der Waals surface area contributed by atoms with Crippen LogP contribution in [0, 0.1) is 11.8 Å². The molecule has 7 heteroatoms. The number of likely N-dealkylation sites (tertiary alicyclic amines) is 1. The van der Waals surface area contributed by atoms with Crippen LogP contribution in [0.25, 0.3) is 10.9 Å². The van der Waals surface area contributed by atoms with Crippen molar-refractivity contribution >= 4 is 16.8 Å². The molecule has 1 atom stereocenters. The van der Waals surface area contributed by atoms with Gasteiger partial charge in [-0.1, -0.05) is 67.8 Å². The summed E-state index contributed by atoms with van der Waals surface area (Å²) in [7, 11) is 1.83. The van der Waals surface area contributed by atoms with Gasteiger partial charge in [0.1, 0.15) is 6.26 Å². The second-order valence-corrected chi connectivity index (χ2v) is 12.3. The maximum Gasteiger partial charge on any atom is 0.255 e. The largest absolute Gasteiger partial charge is 0.451 e. The third-order valence-electron chi connectivity index (χ3n) is 9.55. The van der Waals surface area contributed by atoms with E-state index < -0.39 is 0 Å². The Morgan fingerprint density at radius 1 is 1.00 bits per heavy atom. The van der Waals surface area contributed by atoms with Gasteiger partial charge in [0.25, 0.3) is 5.56 Å². The molecule has 3 heterocycles. The molecule has 2 aromatic heterocycles. The molecule has 6 rings (SSSR count). The third-order valence-corrected chi connectivity index (χ3v) is 9.55. The van der Waals surface area contributed by atoms with E-state index in [0.717, 1.165) is 74.8 Å². The van der Waals surface area contributed by atoms with Gasteiger partial charge in [-0.25, -0.2) is 4.98 Å². The first kappa shape index (κ1) is 28.4. The first-order chi connectivity index (χ1) is 20.6. The fourth-order valence-corrected chi connectivity index (χ4v) is 7.17. The van der Waals surface area contributed by atoms with Crippen molar-refractivity contribution in [2.45, 2.75) is 64.0 Å². The summed E-state index contributed by atoms with van der Waals surface area (Å²) in [6, 6.07) is 20.7. The zero-order chi connectivity index (χ0) is 28.9. The maximum absolute atomic E-state index is 14.2. The lowest BCUT2D eigenvalue weighted by atomic mass is 9.79. The van der Waals surface area contributed by atoms with Crippen molar-refractivity contribution in [2.24, 2.45) is 18.9 Å². The predicted molar refractivity (Wildman–Crippen MR) is 165 cm³/mol. The number of hydrogen-bond acceptors (Lipinski definition) is 5. The molecule has 42 heavy (non-hydrogen) atoms. The number of piperidine rings is 1. The Labute approximate surface area is 248 Å². The number of oxazole rings is 1. The van der Waals surface area contributed by atoms with Crippen molar-refractivity contribution in [1.29, 1.82) is 0 Å². The number of aryl methyl sites for hydroxylation is 1. The molecule has 0 spiro atoms. The second kappa shape index (κ2) is 13.1. The summed E-state index contributed by atoms with van der Waals surface area (Å²) in [5.41, 5.74) is 3.83. The van der Waals surface area contributed by atoms with Crippen LogP contribution < -0.4 is 5.56 Å². The molecule has 0 N–H and O–H groups in total. The van der Waals surface area contributed by atoms with Crippen LogP contribution in [0.5, 0.6) is 0 Å². The molecular formula is C35H42N4O3. The quantitative estimate of drug-likeness (QED) is 0.244. The lowest BCUT2D eigenvalue weighted by Gasteiger charge is -2.39. The van der Waals surface area contributed by atoms with Crippen LogP contribution >= 0.6 is 0 Å². The van der Waals surface area contributed by atoms with Gasteiger partial charge < -0.3 is 13.9 Å². The molecular weight excluding hydrogens is 524 g/mol.